The molecular weight excluding hydrogens is 190 g/mol. The molecule has 2 aliphatic heterocycles. The molecule has 0 aromatic heterocycles. The molecule has 0 aromatic rings. The Labute approximate surface area is 81.0 Å². The first-order valence-electron chi connectivity index (χ1n) is 4.40. The zero-order valence-corrected chi connectivity index (χ0v) is 8.26. The van der Waals surface area contributed by atoms with E-state index in [0.29, 0.717) is 5.75 Å². The van der Waals surface area contributed by atoms with Crippen molar-refractivity contribution >= 4 is 17.7 Å². The Hall–Kier alpha value is -0.260. The van der Waals surface area contributed by atoms with Crippen LogP contribution >= 0.6 is 11.8 Å². The second kappa shape index (κ2) is 3.15. The number of nitrogens with one attached hydrogen (secondary N) is 1. The summed E-state index contributed by atoms with van der Waals surface area (Å²) in [5, 5.41) is 12.0. The van der Waals surface area contributed by atoms with Crippen LogP contribution in [-0.4, -0.2) is 40.5 Å². The normalized spacial score (nSPS) is 44.4. The van der Waals surface area contributed by atoms with E-state index in [1.54, 1.807) is 11.8 Å². The Kier molecular flexibility index (Phi) is 2.25. The van der Waals surface area contributed by atoms with E-state index in [-0.39, 0.29) is 11.0 Å². The van der Waals surface area contributed by atoms with E-state index in [9.17, 15) is 4.79 Å². The number of carbonyl (C=O) groups is 1. The predicted octanol–water partition coefficient (Wildman–Crippen LogP) is 0.281. The Morgan fingerprint density at radius 3 is 3.00 bits per heavy atom. The van der Waals surface area contributed by atoms with Gasteiger partial charge in [-0.2, -0.15) is 0 Å². The lowest BCUT2D eigenvalue weighted by Crippen LogP contribution is -2.48. The molecule has 0 aromatic carbocycles. The molecular formula is C8H13NO3S. The summed E-state index contributed by atoms with van der Waals surface area (Å²) < 4.78 is 5.44. The third-order valence-corrected chi connectivity index (χ3v) is 4.39. The van der Waals surface area contributed by atoms with Gasteiger partial charge in [-0.1, -0.05) is 0 Å². The monoisotopic (exact) mass is 203 g/mol. The average Bonchev–Trinajstić information content (AvgIpc) is 2.63. The molecule has 0 bridgehead atoms. The molecule has 74 valence electrons. The van der Waals surface area contributed by atoms with E-state index in [2.05, 4.69) is 5.32 Å². The van der Waals surface area contributed by atoms with Crippen LogP contribution in [0.15, 0.2) is 0 Å². The van der Waals surface area contributed by atoms with Crippen LogP contribution in [0.4, 0.5) is 0 Å². The number of aliphatic carboxylic acids is 1. The summed E-state index contributed by atoms with van der Waals surface area (Å²) >= 11 is 1.68. The van der Waals surface area contributed by atoms with Crippen LogP contribution in [0.1, 0.15) is 13.3 Å². The van der Waals surface area contributed by atoms with Gasteiger partial charge in [0.25, 0.3) is 0 Å². The molecule has 0 aliphatic carbocycles. The van der Waals surface area contributed by atoms with E-state index in [4.69, 9.17) is 9.84 Å². The highest BCUT2D eigenvalue weighted by atomic mass is 32.2. The second-order valence-electron chi connectivity index (χ2n) is 3.50. The van der Waals surface area contributed by atoms with Gasteiger partial charge in [0.1, 0.15) is 6.04 Å². The molecule has 4 nitrogen and oxygen atoms in total. The minimum Gasteiger partial charge on any atom is -0.480 e. The van der Waals surface area contributed by atoms with Crippen molar-refractivity contribution in [2.45, 2.75) is 30.4 Å². The van der Waals surface area contributed by atoms with Gasteiger partial charge in [0, 0.05) is 18.8 Å². The summed E-state index contributed by atoms with van der Waals surface area (Å²) in [5.74, 6) is -0.119. The molecule has 13 heavy (non-hydrogen) atoms. The van der Waals surface area contributed by atoms with Gasteiger partial charge in [-0.15, -0.1) is 11.8 Å². The maximum atomic E-state index is 10.7. The molecule has 5 heteroatoms. The highest BCUT2D eigenvalue weighted by Gasteiger charge is 2.49. The van der Waals surface area contributed by atoms with Crippen LogP contribution in [0.2, 0.25) is 0 Å². The van der Waals surface area contributed by atoms with Gasteiger partial charge < -0.3 is 9.84 Å². The molecule has 2 fully saturated rings. The van der Waals surface area contributed by atoms with E-state index >= 15 is 0 Å². The lowest BCUT2D eigenvalue weighted by Gasteiger charge is -2.26. The largest absolute Gasteiger partial charge is 0.480 e. The molecule has 1 spiro atoms. The van der Waals surface area contributed by atoms with E-state index in [0.717, 1.165) is 13.0 Å². The maximum Gasteiger partial charge on any atom is 0.321 e. The van der Waals surface area contributed by atoms with Crippen LogP contribution < -0.4 is 5.32 Å². The van der Waals surface area contributed by atoms with Gasteiger partial charge >= 0.3 is 5.97 Å². The zero-order chi connectivity index (χ0) is 9.47. The van der Waals surface area contributed by atoms with Crippen molar-refractivity contribution in [3.63, 3.8) is 0 Å². The highest BCUT2D eigenvalue weighted by molar-refractivity contribution is 8.01. The van der Waals surface area contributed by atoms with Gasteiger partial charge in [-0.05, 0) is 6.92 Å². The minimum absolute atomic E-state index is 0.113. The third-order valence-electron chi connectivity index (χ3n) is 2.72. The first-order valence-corrected chi connectivity index (χ1v) is 5.39. The molecule has 2 rings (SSSR count). The van der Waals surface area contributed by atoms with Crippen LogP contribution in [0.3, 0.4) is 0 Å². The van der Waals surface area contributed by atoms with Crippen LogP contribution in [0.25, 0.3) is 0 Å². The molecule has 2 heterocycles. The van der Waals surface area contributed by atoms with E-state index in [1.165, 1.54) is 0 Å². The molecule has 2 N–H and O–H groups in total. The third kappa shape index (κ3) is 1.45. The lowest BCUT2D eigenvalue weighted by molar-refractivity contribution is -0.139. The molecule has 2 saturated heterocycles. The van der Waals surface area contributed by atoms with E-state index in [1.807, 2.05) is 6.92 Å². The van der Waals surface area contributed by atoms with E-state index < -0.39 is 12.0 Å². The maximum absolute atomic E-state index is 10.7. The number of thioether (sulfide) groups is 1. The molecule has 0 saturated carbocycles. The first kappa shape index (κ1) is 9.30. The summed E-state index contributed by atoms with van der Waals surface area (Å²) in [5.41, 5.74) is 0. The molecule has 0 radical (unpaired) electrons. The van der Waals surface area contributed by atoms with Crippen molar-refractivity contribution in [1.82, 2.24) is 5.32 Å². The van der Waals surface area contributed by atoms with Gasteiger partial charge in [0.15, 0.2) is 0 Å². The second-order valence-corrected chi connectivity index (χ2v) is 4.85. The molecule has 3 unspecified atom stereocenters. The molecule has 3 atom stereocenters. The van der Waals surface area contributed by atoms with Crippen molar-refractivity contribution in [2.24, 2.45) is 0 Å². The van der Waals surface area contributed by atoms with Crippen LogP contribution in [0.5, 0.6) is 0 Å². The van der Waals surface area contributed by atoms with Gasteiger partial charge in [0.05, 0.1) is 11.0 Å². The topological polar surface area (TPSA) is 58.6 Å². The number of hydrogen-bond donors (Lipinski definition) is 2. The van der Waals surface area contributed by atoms with Gasteiger partial charge in [-0.3, -0.25) is 10.1 Å². The Morgan fingerprint density at radius 1 is 1.77 bits per heavy atom. The minimum atomic E-state index is -0.761. The van der Waals surface area contributed by atoms with Crippen LogP contribution in [0, 0.1) is 0 Å². The Bertz CT molecular complexity index is 235. The summed E-state index contributed by atoms with van der Waals surface area (Å²) in [7, 11) is 0. The van der Waals surface area contributed by atoms with Gasteiger partial charge in [0.2, 0.25) is 0 Å². The number of rotatable bonds is 1. The zero-order valence-electron chi connectivity index (χ0n) is 7.45. The first-order chi connectivity index (χ1) is 6.14. The van der Waals surface area contributed by atoms with Gasteiger partial charge in [-0.25, -0.2) is 0 Å². The van der Waals surface area contributed by atoms with Crippen molar-refractivity contribution in [3.8, 4) is 0 Å². The fourth-order valence-corrected chi connectivity index (χ4v) is 3.29. The smallest absolute Gasteiger partial charge is 0.321 e. The fourth-order valence-electron chi connectivity index (χ4n) is 1.85. The lowest BCUT2D eigenvalue weighted by atomic mass is 10.1. The SMILES string of the molecule is CC1OCCC12NC(C(=O)O)CS2. The summed E-state index contributed by atoms with van der Waals surface area (Å²) in [6.07, 6.45) is 1.02. The fraction of sp³-hybridized carbons (Fsp3) is 0.875. The standard InChI is InChI=1S/C8H13NO3S/c1-5-8(2-3-12-5)9-6(4-13-8)7(10)11/h5-6,9H,2-4H2,1H3,(H,10,11). The van der Waals surface area contributed by atoms with Crippen molar-refractivity contribution in [1.29, 1.82) is 0 Å². The quantitative estimate of drug-likeness (QED) is 0.641. The number of ether oxygens (including phenoxy) is 1. The number of carboxylic acid groups (broad SMARTS) is 1. The van der Waals surface area contributed by atoms with Crippen molar-refractivity contribution in [3.05, 3.63) is 0 Å². The Morgan fingerprint density at radius 2 is 2.54 bits per heavy atom. The summed E-state index contributed by atoms with van der Waals surface area (Å²) in [6, 6.07) is -0.408. The predicted molar refractivity (Wildman–Crippen MR) is 49.8 cm³/mol. The Balaban J connectivity index is 2.07. The van der Waals surface area contributed by atoms with Crippen molar-refractivity contribution in [2.75, 3.05) is 12.4 Å². The molecule has 0 amide bonds. The van der Waals surface area contributed by atoms with Crippen LogP contribution in [-0.2, 0) is 9.53 Å². The highest BCUT2D eigenvalue weighted by Crippen LogP contribution is 2.41. The number of hydrogen-bond acceptors (Lipinski definition) is 4. The van der Waals surface area contributed by atoms with Crippen molar-refractivity contribution < 1.29 is 14.6 Å². The number of carboxylic acids is 1. The molecule has 2 aliphatic rings. The summed E-state index contributed by atoms with van der Waals surface area (Å²) in [6.45, 7) is 2.73. The average molecular weight is 203 g/mol. The summed E-state index contributed by atoms with van der Waals surface area (Å²) in [4.78, 5) is 10.6.